The van der Waals surface area contributed by atoms with E-state index < -0.39 is 52.9 Å². The van der Waals surface area contributed by atoms with Gasteiger partial charge in [0, 0.05) is 18.1 Å². The molecule has 2 aromatic carbocycles. The predicted molar refractivity (Wildman–Crippen MR) is 137 cm³/mol. The Kier molecular flexibility index (Phi) is 9.20. The lowest BCUT2D eigenvalue weighted by molar-refractivity contribution is -0.130. The Morgan fingerprint density at radius 1 is 1.03 bits per heavy atom. The van der Waals surface area contributed by atoms with E-state index in [9.17, 15) is 34.1 Å². The Morgan fingerprint density at radius 3 is 2.33 bits per heavy atom. The minimum absolute atomic E-state index is 0.00426. The molecule has 12 nitrogen and oxygen atoms in total. The Bertz CT molecular complexity index is 1370. The van der Waals surface area contributed by atoms with E-state index in [1.165, 1.54) is 36.4 Å². The van der Waals surface area contributed by atoms with Gasteiger partial charge in [-0.05, 0) is 42.7 Å². The number of halogens is 1. The fourth-order valence-corrected chi connectivity index (χ4v) is 3.48. The van der Waals surface area contributed by atoms with Gasteiger partial charge in [0.2, 0.25) is 11.7 Å². The Morgan fingerprint density at radius 2 is 1.72 bits per heavy atom. The fraction of sp³-hybridized carbons (Fsp3) is 0.269. The highest BCUT2D eigenvalue weighted by atomic mass is 19.1. The van der Waals surface area contributed by atoms with E-state index in [2.05, 4.69) is 26.3 Å². The van der Waals surface area contributed by atoms with Gasteiger partial charge in [-0.2, -0.15) is 5.10 Å². The number of rotatable bonds is 10. The largest absolute Gasteiger partial charge is 0.504 e. The minimum Gasteiger partial charge on any atom is -0.504 e. The lowest BCUT2D eigenvalue weighted by Crippen LogP contribution is -2.55. The SMILES string of the molecule is Cc1cc(C(=O)N[C@H](C(=O)N[C@@H](Cc2ccc(F)cc2)C(=O)N/N=C/c2ccc(O)c(O)c2O)C(C)C)no1. The molecular weight excluding hydrogens is 513 g/mol. The number of hydrogen-bond acceptors (Lipinski definition) is 9. The van der Waals surface area contributed by atoms with Crippen LogP contribution < -0.4 is 16.1 Å². The lowest BCUT2D eigenvalue weighted by Gasteiger charge is -2.24. The second-order valence-corrected chi connectivity index (χ2v) is 9.02. The second kappa shape index (κ2) is 12.5. The topological polar surface area (TPSA) is 186 Å². The molecule has 0 fully saturated rings. The number of benzene rings is 2. The molecule has 0 unspecified atom stereocenters. The molecule has 0 saturated carbocycles. The van der Waals surface area contributed by atoms with Crippen molar-refractivity contribution in [2.24, 2.45) is 11.0 Å². The summed E-state index contributed by atoms with van der Waals surface area (Å²) >= 11 is 0. The Labute approximate surface area is 222 Å². The first-order valence-electron chi connectivity index (χ1n) is 11.8. The highest BCUT2D eigenvalue weighted by Crippen LogP contribution is 2.36. The molecule has 39 heavy (non-hydrogen) atoms. The highest BCUT2D eigenvalue weighted by molar-refractivity contribution is 5.97. The van der Waals surface area contributed by atoms with E-state index in [4.69, 9.17) is 4.52 Å². The van der Waals surface area contributed by atoms with Crippen molar-refractivity contribution in [2.45, 2.75) is 39.3 Å². The molecular formula is C26H28FN5O7. The number of nitrogens with zero attached hydrogens (tertiary/aromatic N) is 2. The molecule has 13 heteroatoms. The van der Waals surface area contributed by atoms with E-state index in [0.29, 0.717) is 11.3 Å². The van der Waals surface area contributed by atoms with Crippen LogP contribution in [-0.4, -0.2) is 56.5 Å². The number of aromatic hydroxyl groups is 3. The molecule has 0 spiro atoms. The molecule has 0 aliphatic rings. The average Bonchev–Trinajstić information content (AvgIpc) is 3.34. The summed E-state index contributed by atoms with van der Waals surface area (Å²) in [4.78, 5) is 38.8. The minimum atomic E-state index is -1.20. The van der Waals surface area contributed by atoms with Gasteiger partial charge in [-0.15, -0.1) is 0 Å². The average molecular weight is 542 g/mol. The van der Waals surface area contributed by atoms with Crippen molar-refractivity contribution in [3.05, 3.63) is 70.9 Å². The zero-order chi connectivity index (χ0) is 28.7. The zero-order valence-corrected chi connectivity index (χ0v) is 21.3. The van der Waals surface area contributed by atoms with Crippen LogP contribution in [0.3, 0.4) is 0 Å². The van der Waals surface area contributed by atoms with Crippen molar-refractivity contribution in [2.75, 3.05) is 0 Å². The number of hydrogen-bond donors (Lipinski definition) is 6. The zero-order valence-electron chi connectivity index (χ0n) is 21.3. The van der Waals surface area contributed by atoms with Gasteiger partial charge < -0.3 is 30.5 Å². The van der Waals surface area contributed by atoms with Gasteiger partial charge in [-0.3, -0.25) is 14.4 Å². The standard InChI is InChI=1S/C26H28FN5O7/c1-13(2)21(30-24(36)19-10-14(3)39-32-19)26(38)29-18(11-15-4-7-17(27)8-5-15)25(37)31-28-12-16-6-9-20(33)23(35)22(16)34/h4-10,12-13,18,21,33-35H,11H2,1-3H3,(H,29,38)(H,30,36)(H,31,37)/b28-12+/t18-,21-/m0/s1. The number of hydrazone groups is 1. The highest BCUT2D eigenvalue weighted by Gasteiger charge is 2.30. The van der Waals surface area contributed by atoms with Crippen molar-refractivity contribution in [3.8, 4) is 17.2 Å². The summed E-state index contributed by atoms with van der Waals surface area (Å²) in [5.74, 6) is -4.44. The van der Waals surface area contributed by atoms with E-state index >= 15 is 0 Å². The van der Waals surface area contributed by atoms with Gasteiger partial charge in [-0.1, -0.05) is 31.1 Å². The van der Waals surface area contributed by atoms with Gasteiger partial charge in [0.05, 0.1) is 6.21 Å². The van der Waals surface area contributed by atoms with Gasteiger partial charge in [0.15, 0.2) is 17.2 Å². The first-order chi connectivity index (χ1) is 18.5. The summed E-state index contributed by atoms with van der Waals surface area (Å²) in [6.07, 6.45) is 0.986. The first-order valence-corrected chi connectivity index (χ1v) is 11.8. The number of carbonyl (C=O) groups is 3. The third kappa shape index (κ3) is 7.53. The molecule has 0 radical (unpaired) electrons. The first kappa shape index (κ1) is 28.6. The van der Waals surface area contributed by atoms with Crippen molar-refractivity contribution >= 4 is 23.9 Å². The molecule has 3 rings (SSSR count). The number of nitrogens with one attached hydrogen (secondary N) is 3. The molecule has 0 saturated heterocycles. The van der Waals surface area contributed by atoms with Crippen molar-refractivity contribution in [1.82, 2.24) is 21.2 Å². The fourth-order valence-electron chi connectivity index (χ4n) is 3.48. The summed E-state index contributed by atoms with van der Waals surface area (Å²) in [6, 6.07) is 6.88. The van der Waals surface area contributed by atoms with E-state index in [1.807, 2.05) is 0 Å². The molecule has 206 valence electrons. The van der Waals surface area contributed by atoms with E-state index in [1.54, 1.807) is 20.8 Å². The maximum Gasteiger partial charge on any atom is 0.274 e. The van der Waals surface area contributed by atoms with Crippen LogP contribution in [0.4, 0.5) is 4.39 Å². The summed E-state index contributed by atoms with van der Waals surface area (Å²) in [7, 11) is 0. The predicted octanol–water partition coefficient (Wildman–Crippen LogP) is 1.87. The van der Waals surface area contributed by atoms with Crippen LogP contribution in [0.15, 0.2) is 52.1 Å². The van der Waals surface area contributed by atoms with Crippen LogP contribution >= 0.6 is 0 Å². The van der Waals surface area contributed by atoms with Crippen molar-refractivity contribution in [1.29, 1.82) is 0 Å². The number of aryl methyl sites for hydroxylation is 1. The molecule has 3 aromatic rings. The molecule has 0 aliphatic carbocycles. The molecule has 0 bridgehead atoms. The number of aromatic nitrogens is 1. The number of amides is 3. The summed E-state index contributed by atoms with van der Waals surface area (Å²) < 4.78 is 18.3. The molecule has 6 N–H and O–H groups in total. The molecule has 2 atom stereocenters. The molecule has 1 heterocycles. The maximum absolute atomic E-state index is 13.4. The Hall–Kier alpha value is -4.94. The summed E-state index contributed by atoms with van der Waals surface area (Å²) in [5.41, 5.74) is 2.76. The van der Waals surface area contributed by atoms with Crippen LogP contribution in [0, 0.1) is 18.7 Å². The normalized spacial score (nSPS) is 12.7. The number of carbonyl (C=O) groups excluding carboxylic acids is 3. The number of phenolic OH excluding ortho intramolecular Hbond substituents is 3. The smallest absolute Gasteiger partial charge is 0.274 e. The summed E-state index contributed by atoms with van der Waals surface area (Å²) in [5, 5.41) is 41.6. The van der Waals surface area contributed by atoms with Gasteiger partial charge in [0.25, 0.3) is 11.8 Å². The van der Waals surface area contributed by atoms with Crippen molar-refractivity contribution in [3.63, 3.8) is 0 Å². The van der Waals surface area contributed by atoms with E-state index in [-0.39, 0.29) is 23.6 Å². The van der Waals surface area contributed by atoms with Gasteiger partial charge >= 0.3 is 0 Å². The monoisotopic (exact) mass is 541 g/mol. The third-order valence-corrected chi connectivity index (χ3v) is 5.62. The van der Waals surface area contributed by atoms with Crippen LogP contribution in [0.25, 0.3) is 0 Å². The van der Waals surface area contributed by atoms with Crippen LogP contribution in [0.1, 0.15) is 41.2 Å². The summed E-state index contributed by atoms with van der Waals surface area (Å²) in [6.45, 7) is 5.03. The van der Waals surface area contributed by atoms with Crippen LogP contribution in [0.5, 0.6) is 17.2 Å². The van der Waals surface area contributed by atoms with Gasteiger partial charge in [-0.25, -0.2) is 9.82 Å². The van der Waals surface area contributed by atoms with Gasteiger partial charge in [0.1, 0.15) is 23.7 Å². The Balaban J connectivity index is 1.77. The molecule has 0 aliphatic heterocycles. The molecule has 3 amide bonds. The van der Waals surface area contributed by atoms with Crippen molar-refractivity contribution < 1.29 is 38.6 Å². The third-order valence-electron chi connectivity index (χ3n) is 5.62. The van der Waals surface area contributed by atoms with Crippen LogP contribution in [0.2, 0.25) is 0 Å². The van der Waals surface area contributed by atoms with E-state index in [0.717, 1.165) is 12.3 Å². The maximum atomic E-state index is 13.4. The lowest BCUT2D eigenvalue weighted by atomic mass is 10.0. The number of phenols is 3. The van der Waals surface area contributed by atoms with Crippen LogP contribution in [-0.2, 0) is 16.0 Å². The second-order valence-electron chi connectivity index (χ2n) is 9.02. The molecule has 1 aromatic heterocycles. The quantitative estimate of drug-likeness (QED) is 0.127.